The molecule has 0 aromatic heterocycles. The molecule has 1 aliphatic carbocycles. The minimum absolute atomic E-state index is 0.367. The predicted molar refractivity (Wildman–Crippen MR) is 78.9 cm³/mol. The molecule has 2 rings (SSSR count). The fraction of sp³-hybridized carbons (Fsp3) is 0.647. The maximum atomic E-state index is 3.76. The Kier molecular flexibility index (Phi) is 4.45. The van der Waals surface area contributed by atoms with E-state index in [-0.39, 0.29) is 0 Å². The number of benzene rings is 1. The zero-order valence-corrected chi connectivity index (χ0v) is 12.1. The van der Waals surface area contributed by atoms with Crippen molar-refractivity contribution in [3.05, 3.63) is 35.9 Å². The molecule has 0 radical (unpaired) electrons. The summed E-state index contributed by atoms with van der Waals surface area (Å²) in [4.78, 5) is 0. The lowest BCUT2D eigenvalue weighted by molar-refractivity contribution is 0.240. The van der Waals surface area contributed by atoms with Gasteiger partial charge in [-0.3, -0.25) is 0 Å². The highest BCUT2D eigenvalue weighted by Gasteiger charge is 2.43. The van der Waals surface area contributed by atoms with E-state index in [0.717, 1.165) is 6.54 Å². The van der Waals surface area contributed by atoms with Gasteiger partial charge in [0.25, 0.3) is 0 Å². The average molecular weight is 245 g/mol. The van der Waals surface area contributed by atoms with Crippen LogP contribution in [0.15, 0.2) is 30.3 Å². The van der Waals surface area contributed by atoms with Crippen LogP contribution in [0.1, 0.15) is 52.0 Å². The minimum Gasteiger partial charge on any atom is -0.313 e. The van der Waals surface area contributed by atoms with Gasteiger partial charge in [-0.15, -0.1) is 0 Å². The van der Waals surface area contributed by atoms with Crippen LogP contribution in [0.25, 0.3) is 0 Å². The van der Waals surface area contributed by atoms with Crippen LogP contribution >= 0.6 is 0 Å². The summed E-state index contributed by atoms with van der Waals surface area (Å²) in [7, 11) is 0. The fourth-order valence-electron chi connectivity index (χ4n) is 3.84. The first kappa shape index (κ1) is 13.6. The van der Waals surface area contributed by atoms with Crippen LogP contribution in [-0.2, 0) is 5.41 Å². The molecule has 0 spiro atoms. The van der Waals surface area contributed by atoms with Crippen LogP contribution in [0, 0.1) is 5.92 Å². The molecular weight excluding hydrogens is 218 g/mol. The SMILES string of the molecule is CCNC(C(C)C)C1(c2ccccc2)CCCC1. The molecule has 1 nitrogen and oxygen atoms in total. The second-order valence-electron chi connectivity index (χ2n) is 6.01. The molecule has 0 bridgehead atoms. The maximum absolute atomic E-state index is 3.76. The molecule has 1 aromatic rings. The minimum atomic E-state index is 0.367. The van der Waals surface area contributed by atoms with E-state index in [4.69, 9.17) is 0 Å². The van der Waals surface area contributed by atoms with E-state index in [9.17, 15) is 0 Å². The van der Waals surface area contributed by atoms with E-state index < -0.39 is 0 Å². The van der Waals surface area contributed by atoms with Crippen molar-refractivity contribution in [3.63, 3.8) is 0 Å². The molecule has 1 N–H and O–H groups in total. The fourth-order valence-corrected chi connectivity index (χ4v) is 3.84. The van der Waals surface area contributed by atoms with E-state index in [2.05, 4.69) is 56.4 Å². The highest BCUT2D eigenvalue weighted by atomic mass is 14.9. The van der Waals surface area contributed by atoms with Gasteiger partial charge in [0.15, 0.2) is 0 Å². The second kappa shape index (κ2) is 5.88. The quantitative estimate of drug-likeness (QED) is 0.822. The summed E-state index contributed by atoms with van der Waals surface area (Å²) >= 11 is 0. The van der Waals surface area contributed by atoms with Crippen molar-refractivity contribution in [3.8, 4) is 0 Å². The van der Waals surface area contributed by atoms with Gasteiger partial charge in [-0.05, 0) is 30.9 Å². The number of nitrogens with one attached hydrogen (secondary N) is 1. The Bertz CT molecular complexity index is 349. The number of likely N-dealkylation sites (N-methyl/N-ethyl adjacent to an activating group) is 1. The molecule has 1 unspecified atom stereocenters. The van der Waals surface area contributed by atoms with Crippen molar-refractivity contribution < 1.29 is 0 Å². The third-order valence-corrected chi connectivity index (χ3v) is 4.53. The highest BCUT2D eigenvalue weighted by Crippen LogP contribution is 2.45. The predicted octanol–water partition coefficient (Wildman–Crippen LogP) is 4.13. The lowest BCUT2D eigenvalue weighted by atomic mass is 9.69. The smallest absolute Gasteiger partial charge is 0.0187 e. The first-order valence-electron chi connectivity index (χ1n) is 7.49. The van der Waals surface area contributed by atoms with Crippen LogP contribution in [0.5, 0.6) is 0 Å². The summed E-state index contributed by atoms with van der Waals surface area (Å²) in [5.74, 6) is 0.684. The second-order valence-corrected chi connectivity index (χ2v) is 6.01. The maximum Gasteiger partial charge on any atom is 0.0187 e. The molecule has 1 aliphatic rings. The van der Waals surface area contributed by atoms with Crippen LogP contribution in [0.2, 0.25) is 0 Å². The van der Waals surface area contributed by atoms with Crippen molar-refractivity contribution >= 4 is 0 Å². The van der Waals surface area contributed by atoms with Crippen molar-refractivity contribution in [1.82, 2.24) is 5.32 Å². The van der Waals surface area contributed by atoms with Crippen LogP contribution in [0.3, 0.4) is 0 Å². The van der Waals surface area contributed by atoms with E-state index in [1.807, 2.05) is 0 Å². The molecule has 1 fully saturated rings. The van der Waals surface area contributed by atoms with Gasteiger partial charge in [0.2, 0.25) is 0 Å². The van der Waals surface area contributed by atoms with Gasteiger partial charge in [-0.2, -0.15) is 0 Å². The van der Waals surface area contributed by atoms with Crippen LogP contribution < -0.4 is 5.32 Å². The van der Waals surface area contributed by atoms with Gasteiger partial charge in [-0.1, -0.05) is 63.9 Å². The summed E-state index contributed by atoms with van der Waals surface area (Å²) in [5, 5.41) is 3.76. The van der Waals surface area contributed by atoms with Crippen LogP contribution in [0.4, 0.5) is 0 Å². The third-order valence-electron chi connectivity index (χ3n) is 4.53. The standard InChI is InChI=1S/C17H27N/c1-4-18-16(14(2)3)17(12-8-9-13-17)15-10-6-5-7-11-15/h5-7,10-11,14,16,18H,4,8-9,12-13H2,1-3H3. The molecule has 0 aliphatic heterocycles. The lowest BCUT2D eigenvalue weighted by Gasteiger charge is -2.41. The molecule has 1 atom stereocenters. The van der Waals surface area contributed by atoms with Gasteiger partial charge < -0.3 is 5.32 Å². The Balaban J connectivity index is 2.36. The normalized spacial score (nSPS) is 20.2. The van der Waals surface area contributed by atoms with Gasteiger partial charge in [-0.25, -0.2) is 0 Å². The first-order chi connectivity index (χ1) is 8.70. The molecule has 18 heavy (non-hydrogen) atoms. The largest absolute Gasteiger partial charge is 0.313 e. The van der Waals surface area contributed by atoms with E-state index in [1.165, 1.54) is 25.7 Å². The molecule has 1 saturated carbocycles. The summed E-state index contributed by atoms with van der Waals surface area (Å²) in [6.45, 7) is 8.01. The third kappa shape index (κ3) is 2.47. The van der Waals surface area contributed by atoms with Gasteiger partial charge >= 0.3 is 0 Å². The monoisotopic (exact) mass is 245 g/mol. The van der Waals surface area contributed by atoms with Crippen molar-refractivity contribution in [2.24, 2.45) is 5.92 Å². The summed E-state index contributed by atoms with van der Waals surface area (Å²) in [6.07, 6.45) is 5.44. The van der Waals surface area contributed by atoms with E-state index >= 15 is 0 Å². The van der Waals surface area contributed by atoms with Crippen molar-refractivity contribution in [1.29, 1.82) is 0 Å². The Morgan fingerprint density at radius 3 is 2.22 bits per heavy atom. The molecule has 0 saturated heterocycles. The Labute approximate surface area is 112 Å². The lowest BCUT2D eigenvalue weighted by Crippen LogP contribution is -2.50. The average Bonchev–Trinajstić information content (AvgIpc) is 2.87. The zero-order chi connectivity index (χ0) is 13.0. The summed E-state index contributed by atoms with van der Waals surface area (Å²) < 4.78 is 0. The van der Waals surface area contributed by atoms with Gasteiger partial charge in [0.1, 0.15) is 0 Å². The molecule has 0 amide bonds. The molecule has 1 aromatic carbocycles. The topological polar surface area (TPSA) is 12.0 Å². The van der Waals surface area contributed by atoms with E-state index in [0.29, 0.717) is 17.4 Å². The van der Waals surface area contributed by atoms with Crippen LogP contribution in [-0.4, -0.2) is 12.6 Å². The first-order valence-corrected chi connectivity index (χ1v) is 7.49. The summed E-state index contributed by atoms with van der Waals surface area (Å²) in [5.41, 5.74) is 1.91. The van der Waals surface area contributed by atoms with Crippen molar-refractivity contribution in [2.45, 2.75) is 57.9 Å². The molecular formula is C17H27N. The van der Waals surface area contributed by atoms with Gasteiger partial charge in [0.05, 0.1) is 0 Å². The number of rotatable bonds is 5. The van der Waals surface area contributed by atoms with E-state index in [1.54, 1.807) is 5.56 Å². The number of hydrogen-bond donors (Lipinski definition) is 1. The highest BCUT2D eigenvalue weighted by molar-refractivity contribution is 5.29. The molecule has 100 valence electrons. The Hall–Kier alpha value is -0.820. The zero-order valence-electron chi connectivity index (χ0n) is 12.1. The summed E-state index contributed by atoms with van der Waals surface area (Å²) in [6, 6.07) is 11.8. The molecule has 1 heteroatoms. The molecule has 0 heterocycles. The van der Waals surface area contributed by atoms with Gasteiger partial charge in [0, 0.05) is 11.5 Å². The Morgan fingerprint density at radius 1 is 1.11 bits per heavy atom. The van der Waals surface area contributed by atoms with Crippen molar-refractivity contribution in [2.75, 3.05) is 6.54 Å². The Morgan fingerprint density at radius 2 is 1.72 bits per heavy atom. The number of hydrogen-bond acceptors (Lipinski definition) is 1.